The highest BCUT2D eigenvalue weighted by molar-refractivity contribution is 4.98. The third-order valence-electron chi connectivity index (χ3n) is 3.49. The van der Waals surface area contributed by atoms with Crippen LogP contribution in [-0.4, -0.2) is 36.4 Å². The van der Waals surface area contributed by atoms with Crippen molar-refractivity contribution in [2.24, 2.45) is 0 Å². The monoisotopic (exact) mass is 253 g/mol. The maximum Gasteiger partial charge on any atom is 0.228 e. The molecule has 5 heteroatoms. The van der Waals surface area contributed by atoms with Gasteiger partial charge in [-0.2, -0.15) is 4.98 Å². The lowest BCUT2D eigenvalue weighted by molar-refractivity contribution is 0.162. The summed E-state index contributed by atoms with van der Waals surface area (Å²) >= 11 is 0. The van der Waals surface area contributed by atoms with E-state index >= 15 is 0 Å². The first-order valence-corrected chi connectivity index (χ1v) is 6.88. The van der Waals surface area contributed by atoms with Crippen LogP contribution in [0.15, 0.2) is 4.52 Å². The van der Waals surface area contributed by atoms with Crippen molar-refractivity contribution in [1.29, 1.82) is 0 Å². The Hall–Kier alpha value is -0.940. The van der Waals surface area contributed by atoms with Crippen molar-refractivity contribution in [3.8, 4) is 0 Å². The van der Waals surface area contributed by atoms with Crippen LogP contribution in [0.5, 0.6) is 0 Å². The van der Waals surface area contributed by atoms with Gasteiger partial charge in [0.1, 0.15) is 0 Å². The molecule has 1 unspecified atom stereocenters. The summed E-state index contributed by atoms with van der Waals surface area (Å²) in [5.41, 5.74) is 0. The van der Waals surface area contributed by atoms with Crippen molar-refractivity contribution < 1.29 is 9.26 Å². The number of nitrogens with one attached hydrogen (secondary N) is 1. The van der Waals surface area contributed by atoms with E-state index in [1.807, 2.05) is 0 Å². The molecule has 0 aliphatic heterocycles. The van der Waals surface area contributed by atoms with E-state index in [9.17, 15) is 0 Å². The minimum atomic E-state index is 0.247. The number of methoxy groups -OCH3 is 1. The van der Waals surface area contributed by atoms with E-state index in [1.54, 1.807) is 7.11 Å². The minimum absolute atomic E-state index is 0.247. The summed E-state index contributed by atoms with van der Waals surface area (Å²) in [6.45, 7) is 3.66. The summed E-state index contributed by atoms with van der Waals surface area (Å²) in [6, 6.07) is 0.247. The second kappa shape index (κ2) is 6.85. The zero-order valence-corrected chi connectivity index (χ0v) is 11.3. The van der Waals surface area contributed by atoms with Gasteiger partial charge in [-0.05, 0) is 19.4 Å². The summed E-state index contributed by atoms with van der Waals surface area (Å²) in [5.74, 6) is 2.14. The van der Waals surface area contributed by atoms with E-state index in [4.69, 9.17) is 9.26 Å². The van der Waals surface area contributed by atoms with E-state index in [2.05, 4.69) is 22.4 Å². The van der Waals surface area contributed by atoms with Crippen LogP contribution in [0, 0.1) is 0 Å². The first-order chi connectivity index (χ1) is 8.83. The molecule has 0 amide bonds. The van der Waals surface area contributed by atoms with Crippen LogP contribution in [0.2, 0.25) is 0 Å². The van der Waals surface area contributed by atoms with E-state index < -0.39 is 0 Å². The van der Waals surface area contributed by atoms with Gasteiger partial charge in [-0.1, -0.05) is 24.9 Å². The average molecular weight is 253 g/mol. The van der Waals surface area contributed by atoms with Crippen molar-refractivity contribution >= 4 is 0 Å². The number of hydrogen-bond donors (Lipinski definition) is 1. The number of hydrogen-bond acceptors (Lipinski definition) is 5. The summed E-state index contributed by atoms with van der Waals surface area (Å²) in [6.07, 6.45) is 5.72. The molecule has 0 saturated heterocycles. The third kappa shape index (κ3) is 3.53. The second-order valence-electron chi connectivity index (χ2n) is 4.94. The Morgan fingerprint density at radius 2 is 2.22 bits per heavy atom. The lowest BCUT2D eigenvalue weighted by Crippen LogP contribution is -2.35. The van der Waals surface area contributed by atoms with Crippen LogP contribution in [0.1, 0.15) is 50.2 Å². The van der Waals surface area contributed by atoms with Gasteiger partial charge in [0, 0.05) is 25.5 Å². The molecule has 0 aromatic carbocycles. The molecule has 1 N–H and O–H groups in total. The molecule has 1 aliphatic rings. The largest absolute Gasteiger partial charge is 0.383 e. The van der Waals surface area contributed by atoms with Gasteiger partial charge in [0.15, 0.2) is 5.82 Å². The molecular weight excluding hydrogens is 230 g/mol. The number of ether oxygens (including phenoxy) is 1. The fourth-order valence-corrected chi connectivity index (χ4v) is 2.59. The molecule has 1 aromatic rings. The lowest BCUT2D eigenvalue weighted by atomic mass is 10.1. The summed E-state index contributed by atoms with van der Waals surface area (Å²) in [4.78, 5) is 4.52. The molecule has 1 aliphatic carbocycles. The zero-order valence-electron chi connectivity index (χ0n) is 11.3. The Morgan fingerprint density at radius 3 is 2.89 bits per heavy atom. The quantitative estimate of drug-likeness (QED) is 0.804. The molecule has 0 bridgehead atoms. The first-order valence-electron chi connectivity index (χ1n) is 6.88. The van der Waals surface area contributed by atoms with Crippen LogP contribution < -0.4 is 5.32 Å². The van der Waals surface area contributed by atoms with Crippen LogP contribution in [0.3, 0.4) is 0 Å². The molecule has 1 aromatic heterocycles. The maximum atomic E-state index is 5.34. The van der Waals surface area contributed by atoms with Crippen molar-refractivity contribution in [2.45, 2.75) is 51.0 Å². The zero-order chi connectivity index (χ0) is 12.8. The Morgan fingerprint density at radius 1 is 1.44 bits per heavy atom. The van der Waals surface area contributed by atoms with Crippen molar-refractivity contribution in [1.82, 2.24) is 15.5 Å². The number of nitrogens with zero attached hydrogens (tertiary/aromatic N) is 2. The van der Waals surface area contributed by atoms with E-state index in [-0.39, 0.29) is 6.04 Å². The van der Waals surface area contributed by atoms with Crippen molar-refractivity contribution in [3.05, 3.63) is 11.7 Å². The van der Waals surface area contributed by atoms with Gasteiger partial charge in [0.2, 0.25) is 5.89 Å². The SMILES string of the molecule is CCNC(COC)Cc1nc(C2CCCC2)no1. The molecule has 102 valence electrons. The normalized spacial score (nSPS) is 18.3. The highest BCUT2D eigenvalue weighted by Gasteiger charge is 2.23. The predicted octanol–water partition coefficient (Wildman–Crippen LogP) is 1.89. The van der Waals surface area contributed by atoms with E-state index in [0.717, 1.165) is 24.7 Å². The van der Waals surface area contributed by atoms with Crippen molar-refractivity contribution in [3.63, 3.8) is 0 Å². The van der Waals surface area contributed by atoms with Gasteiger partial charge in [0.25, 0.3) is 0 Å². The Balaban J connectivity index is 1.91. The van der Waals surface area contributed by atoms with Crippen LogP contribution in [0.4, 0.5) is 0 Å². The Labute approximate surface area is 108 Å². The van der Waals surface area contributed by atoms with Gasteiger partial charge >= 0.3 is 0 Å². The lowest BCUT2D eigenvalue weighted by Gasteiger charge is -2.14. The topological polar surface area (TPSA) is 60.2 Å². The van der Waals surface area contributed by atoms with Gasteiger partial charge < -0.3 is 14.6 Å². The second-order valence-corrected chi connectivity index (χ2v) is 4.94. The first kappa shape index (κ1) is 13.5. The van der Waals surface area contributed by atoms with Crippen LogP contribution in [-0.2, 0) is 11.2 Å². The molecule has 1 atom stereocenters. The molecule has 5 nitrogen and oxygen atoms in total. The Kier molecular flexibility index (Phi) is 5.13. The molecule has 18 heavy (non-hydrogen) atoms. The summed E-state index contributed by atoms with van der Waals surface area (Å²) in [5, 5.41) is 7.47. The molecule has 1 heterocycles. The predicted molar refractivity (Wildman–Crippen MR) is 68.6 cm³/mol. The highest BCUT2D eigenvalue weighted by Crippen LogP contribution is 2.32. The summed E-state index contributed by atoms with van der Waals surface area (Å²) < 4.78 is 10.5. The van der Waals surface area contributed by atoms with Gasteiger partial charge in [-0.15, -0.1) is 0 Å². The third-order valence-corrected chi connectivity index (χ3v) is 3.49. The average Bonchev–Trinajstić information content (AvgIpc) is 2.98. The maximum absolute atomic E-state index is 5.34. The smallest absolute Gasteiger partial charge is 0.228 e. The molecule has 0 spiro atoms. The minimum Gasteiger partial charge on any atom is -0.383 e. The van der Waals surface area contributed by atoms with Crippen molar-refractivity contribution in [2.75, 3.05) is 20.3 Å². The van der Waals surface area contributed by atoms with E-state index in [1.165, 1.54) is 25.7 Å². The number of likely N-dealkylation sites (N-methyl/N-ethyl adjacent to an activating group) is 1. The van der Waals surface area contributed by atoms with Gasteiger partial charge in [-0.3, -0.25) is 0 Å². The molecule has 1 fully saturated rings. The fraction of sp³-hybridized carbons (Fsp3) is 0.846. The number of rotatable bonds is 7. The molecule has 2 rings (SSSR count). The fourth-order valence-electron chi connectivity index (χ4n) is 2.59. The summed E-state index contributed by atoms with van der Waals surface area (Å²) in [7, 11) is 1.71. The van der Waals surface area contributed by atoms with Crippen LogP contribution in [0.25, 0.3) is 0 Å². The standard InChI is InChI=1S/C13H23N3O2/c1-3-14-11(9-17-2)8-12-15-13(16-18-12)10-6-4-5-7-10/h10-11,14H,3-9H2,1-2H3. The molecular formula is C13H23N3O2. The van der Waals surface area contributed by atoms with Crippen LogP contribution >= 0.6 is 0 Å². The van der Waals surface area contributed by atoms with E-state index in [0.29, 0.717) is 12.5 Å². The number of aromatic nitrogens is 2. The van der Waals surface area contributed by atoms with Gasteiger partial charge in [0.05, 0.1) is 6.61 Å². The molecule has 0 radical (unpaired) electrons. The highest BCUT2D eigenvalue weighted by atomic mass is 16.5. The molecule has 1 saturated carbocycles. The van der Waals surface area contributed by atoms with Gasteiger partial charge in [-0.25, -0.2) is 0 Å². The Bertz CT molecular complexity index is 342.